The Labute approximate surface area is 129 Å². The standard InChI is InChI=1S/C15H22F2N2O3/c1-9(2)19(8-14(16)17)15(20)18-11-7-13(22-5)12(21-4)6-10(11)3/h6-7,9,14H,8H2,1-5H3,(H,18,20). The second-order valence-corrected chi connectivity index (χ2v) is 5.09. The number of anilines is 1. The fourth-order valence-electron chi connectivity index (χ4n) is 1.98. The molecule has 0 radical (unpaired) electrons. The smallest absolute Gasteiger partial charge is 0.322 e. The van der Waals surface area contributed by atoms with Crippen molar-refractivity contribution in [3.63, 3.8) is 0 Å². The summed E-state index contributed by atoms with van der Waals surface area (Å²) in [7, 11) is 2.99. The molecule has 0 aliphatic carbocycles. The Balaban J connectivity index is 2.99. The Hall–Kier alpha value is -2.05. The Bertz CT molecular complexity index is 522. The van der Waals surface area contributed by atoms with E-state index >= 15 is 0 Å². The van der Waals surface area contributed by atoms with Gasteiger partial charge >= 0.3 is 6.03 Å². The summed E-state index contributed by atoms with van der Waals surface area (Å²) in [4.78, 5) is 13.3. The van der Waals surface area contributed by atoms with Crippen LogP contribution in [0.3, 0.4) is 0 Å². The van der Waals surface area contributed by atoms with Crippen LogP contribution in [0.15, 0.2) is 12.1 Å². The quantitative estimate of drug-likeness (QED) is 0.873. The number of aryl methyl sites for hydroxylation is 1. The molecule has 1 aromatic carbocycles. The molecule has 2 amide bonds. The van der Waals surface area contributed by atoms with E-state index in [0.717, 1.165) is 10.5 Å². The number of amides is 2. The van der Waals surface area contributed by atoms with E-state index in [1.807, 2.05) is 0 Å². The van der Waals surface area contributed by atoms with Gasteiger partial charge < -0.3 is 19.7 Å². The van der Waals surface area contributed by atoms with Gasteiger partial charge in [0.15, 0.2) is 11.5 Å². The minimum atomic E-state index is -2.58. The van der Waals surface area contributed by atoms with Gasteiger partial charge in [-0.2, -0.15) is 0 Å². The van der Waals surface area contributed by atoms with Crippen LogP contribution in [0.5, 0.6) is 11.5 Å². The van der Waals surface area contributed by atoms with Crippen molar-refractivity contribution in [2.75, 3.05) is 26.1 Å². The molecule has 124 valence electrons. The van der Waals surface area contributed by atoms with Crippen LogP contribution in [-0.2, 0) is 0 Å². The monoisotopic (exact) mass is 316 g/mol. The molecule has 0 aromatic heterocycles. The zero-order chi connectivity index (χ0) is 16.9. The maximum Gasteiger partial charge on any atom is 0.322 e. The summed E-state index contributed by atoms with van der Waals surface area (Å²) in [6.45, 7) is 4.53. The van der Waals surface area contributed by atoms with Crippen molar-refractivity contribution in [3.05, 3.63) is 17.7 Å². The number of nitrogens with zero attached hydrogens (tertiary/aromatic N) is 1. The van der Waals surface area contributed by atoms with Gasteiger partial charge in [0.2, 0.25) is 0 Å². The van der Waals surface area contributed by atoms with Gasteiger partial charge in [0, 0.05) is 17.8 Å². The van der Waals surface area contributed by atoms with E-state index in [2.05, 4.69) is 5.32 Å². The lowest BCUT2D eigenvalue weighted by atomic mass is 10.1. The van der Waals surface area contributed by atoms with E-state index in [0.29, 0.717) is 17.2 Å². The number of urea groups is 1. The van der Waals surface area contributed by atoms with E-state index in [1.165, 1.54) is 14.2 Å². The van der Waals surface area contributed by atoms with Crippen LogP contribution in [0.4, 0.5) is 19.3 Å². The average molecular weight is 316 g/mol. The van der Waals surface area contributed by atoms with Gasteiger partial charge in [0.1, 0.15) is 0 Å². The molecule has 0 fully saturated rings. The van der Waals surface area contributed by atoms with E-state index in [9.17, 15) is 13.6 Å². The first-order valence-electron chi connectivity index (χ1n) is 6.88. The van der Waals surface area contributed by atoms with Crippen molar-refractivity contribution in [1.29, 1.82) is 0 Å². The maximum absolute atomic E-state index is 12.6. The Kier molecular flexibility index (Phi) is 6.39. The summed E-state index contributed by atoms with van der Waals surface area (Å²) in [6, 6.07) is 2.40. The maximum atomic E-state index is 12.6. The summed E-state index contributed by atoms with van der Waals surface area (Å²) in [5, 5.41) is 2.64. The van der Waals surface area contributed by atoms with E-state index in [1.54, 1.807) is 32.9 Å². The van der Waals surface area contributed by atoms with Crippen molar-refractivity contribution < 1.29 is 23.0 Å². The summed E-state index contributed by atoms with van der Waals surface area (Å²) in [5.41, 5.74) is 1.23. The molecule has 0 aliphatic rings. The van der Waals surface area contributed by atoms with Gasteiger partial charge in [-0.3, -0.25) is 0 Å². The lowest BCUT2D eigenvalue weighted by molar-refractivity contribution is 0.0913. The van der Waals surface area contributed by atoms with Gasteiger partial charge in [-0.15, -0.1) is 0 Å². The van der Waals surface area contributed by atoms with Gasteiger partial charge in [0.05, 0.1) is 20.8 Å². The van der Waals surface area contributed by atoms with Gasteiger partial charge in [-0.1, -0.05) is 0 Å². The van der Waals surface area contributed by atoms with Crippen molar-refractivity contribution in [2.24, 2.45) is 0 Å². The first-order valence-corrected chi connectivity index (χ1v) is 6.88. The number of hydrogen-bond acceptors (Lipinski definition) is 3. The highest BCUT2D eigenvalue weighted by molar-refractivity contribution is 5.91. The molecule has 22 heavy (non-hydrogen) atoms. The molecule has 7 heteroatoms. The highest BCUT2D eigenvalue weighted by Crippen LogP contribution is 2.33. The molecule has 0 bridgehead atoms. The first kappa shape index (κ1) is 18.0. The highest BCUT2D eigenvalue weighted by atomic mass is 19.3. The number of halogens is 2. The predicted octanol–water partition coefficient (Wildman–Crippen LogP) is 3.52. The molecule has 1 aromatic rings. The van der Waals surface area contributed by atoms with E-state index in [-0.39, 0.29) is 6.04 Å². The summed E-state index contributed by atoms with van der Waals surface area (Å²) >= 11 is 0. The molecule has 0 unspecified atom stereocenters. The fourth-order valence-corrected chi connectivity index (χ4v) is 1.98. The zero-order valence-electron chi connectivity index (χ0n) is 13.4. The van der Waals surface area contributed by atoms with Crippen LogP contribution in [0.2, 0.25) is 0 Å². The Morgan fingerprint density at radius 2 is 1.77 bits per heavy atom. The molecule has 0 aliphatic heterocycles. The van der Waals surface area contributed by atoms with Crippen LogP contribution in [-0.4, -0.2) is 44.2 Å². The van der Waals surface area contributed by atoms with Crippen LogP contribution >= 0.6 is 0 Å². The van der Waals surface area contributed by atoms with Crippen molar-refractivity contribution in [3.8, 4) is 11.5 Å². The number of methoxy groups -OCH3 is 2. The Morgan fingerprint density at radius 1 is 1.23 bits per heavy atom. The molecular formula is C15H22F2N2O3. The number of carbonyl (C=O) groups is 1. The fraction of sp³-hybridized carbons (Fsp3) is 0.533. The molecule has 0 spiro atoms. The molecule has 0 atom stereocenters. The minimum Gasteiger partial charge on any atom is -0.493 e. The third-order valence-electron chi connectivity index (χ3n) is 3.19. The van der Waals surface area contributed by atoms with Crippen molar-refractivity contribution in [2.45, 2.75) is 33.2 Å². The number of nitrogens with one attached hydrogen (secondary N) is 1. The van der Waals surface area contributed by atoms with Crippen molar-refractivity contribution >= 4 is 11.7 Å². The lowest BCUT2D eigenvalue weighted by Crippen LogP contribution is -2.43. The minimum absolute atomic E-state index is 0.338. The summed E-state index contributed by atoms with van der Waals surface area (Å²) < 4.78 is 35.5. The number of hydrogen-bond donors (Lipinski definition) is 1. The highest BCUT2D eigenvalue weighted by Gasteiger charge is 2.22. The molecule has 0 saturated heterocycles. The molecule has 1 N–H and O–H groups in total. The van der Waals surface area contributed by atoms with E-state index in [4.69, 9.17) is 9.47 Å². The molecule has 0 saturated carbocycles. The number of carbonyl (C=O) groups excluding carboxylic acids is 1. The topological polar surface area (TPSA) is 50.8 Å². The molecular weight excluding hydrogens is 294 g/mol. The van der Waals surface area contributed by atoms with Crippen LogP contribution in [0.1, 0.15) is 19.4 Å². The zero-order valence-corrected chi connectivity index (χ0v) is 13.4. The van der Waals surface area contributed by atoms with Crippen LogP contribution < -0.4 is 14.8 Å². The van der Waals surface area contributed by atoms with Crippen LogP contribution in [0.25, 0.3) is 0 Å². The van der Waals surface area contributed by atoms with Crippen LogP contribution in [0, 0.1) is 6.92 Å². The second kappa shape index (κ2) is 7.82. The third-order valence-corrected chi connectivity index (χ3v) is 3.19. The van der Waals surface area contributed by atoms with Crippen molar-refractivity contribution in [1.82, 2.24) is 4.90 Å². The second-order valence-electron chi connectivity index (χ2n) is 5.09. The van der Waals surface area contributed by atoms with Gasteiger partial charge in [-0.25, -0.2) is 13.6 Å². The third kappa shape index (κ3) is 4.47. The number of rotatable bonds is 6. The molecule has 5 nitrogen and oxygen atoms in total. The normalized spacial score (nSPS) is 10.8. The van der Waals surface area contributed by atoms with Gasteiger partial charge in [-0.05, 0) is 32.4 Å². The average Bonchev–Trinajstić information content (AvgIpc) is 2.45. The van der Waals surface area contributed by atoms with Gasteiger partial charge in [0.25, 0.3) is 6.43 Å². The Morgan fingerprint density at radius 3 is 2.23 bits per heavy atom. The number of benzene rings is 1. The molecule has 1 rings (SSSR count). The van der Waals surface area contributed by atoms with E-state index < -0.39 is 19.0 Å². The largest absolute Gasteiger partial charge is 0.493 e. The SMILES string of the molecule is COc1cc(C)c(NC(=O)N(CC(F)F)C(C)C)cc1OC. The molecule has 0 heterocycles. The first-order chi connectivity index (χ1) is 10.3. The predicted molar refractivity (Wildman–Crippen MR) is 81.1 cm³/mol. The summed E-state index contributed by atoms with van der Waals surface area (Å²) in [6.07, 6.45) is -2.58. The number of ether oxygens (including phenoxy) is 2. The summed E-state index contributed by atoms with van der Waals surface area (Å²) in [5.74, 6) is 0.986. The lowest BCUT2D eigenvalue weighted by Gasteiger charge is -2.27. The number of alkyl halides is 2.